The molecule has 1 heterocycles. The van der Waals surface area contributed by atoms with Crippen LogP contribution in [0.5, 0.6) is 0 Å². The molecule has 0 aliphatic heterocycles. The molecule has 0 radical (unpaired) electrons. The summed E-state index contributed by atoms with van der Waals surface area (Å²) in [6.45, 7) is 0. The molecule has 84 valence electrons. The Morgan fingerprint density at radius 2 is 2.00 bits per heavy atom. The molecule has 0 saturated carbocycles. The molecule has 3 nitrogen and oxygen atoms in total. The lowest BCUT2D eigenvalue weighted by Crippen LogP contribution is -1.95. The van der Waals surface area contributed by atoms with Crippen LogP contribution in [0.15, 0.2) is 34.4 Å². The Labute approximate surface area is 106 Å². The number of rotatable bonds is 2. The van der Waals surface area contributed by atoms with E-state index >= 15 is 0 Å². The highest BCUT2D eigenvalue weighted by atomic mass is 35.5. The molecule has 6 heteroatoms. The third-order valence-electron chi connectivity index (χ3n) is 1.91. The van der Waals surface area contributed by atoms with Crippen LogP contribution in [0.1, 0.15) is 5.89 Å². The van der Waals surface area contributed by atoms with Crippen molar-refractivity contribution in [1.29, 1.82) is 0 Å². The van der Waals surface area contributed by atoms with E-state index in [0.29, 0.717) is 11.1 Å². The second-order valence-corrected chi connectivity index (χ2v) is 4.46. The van der Waals surface area contributed by atoms with Crippen molar-refractivity contribution in [2.45, 2.75) is 4.84 Å². The molecule has 1 N–H and O–H groups in total. The van der Waals surface area contributed by atoms with E-state index in [1.54, 1.807) is 18.2 Å². The minimum absolute atomic E-state index is 0.0895. The van der Waals surface area contributed by atoms with E-state index in [1.165, 1.54) is 0 Å². The van der Waals surface area contributed by atoms with Crippen LogP contribution in [0.2, 0.25) is 0 Å². The number of oxazole rings is 1. The maximum atomic E-state index is 9.46. The number of fused-ring (bicyclic) bond motifs is 1. The molecule has 16 heavy (non-hydrogen) atoms. The fourth-order valence-electron chi connectivity index (χ4n) is 1.17. The Hall–Kier alpha value is -0.900. The summed E-state index contributed by atoms with van der Waals surface area (Å²) in [6, 6.07) is 7.13. The third kappa shape index (κ3) is 2.12. The van der Waals surface area contributed by atoms with Crippen LogP contribution in [-0.4, -0.2) is 14.9 Å². The summed E-state index contributed by atoms with van der Waals surface area (Å²) in [6.07, 6.45) is 0. The largest absolute Gasteiger partial charge is 0.508 e. The lowest BCUT2D eigenvalue weighted by Gasteiger charge is -2.00. The molecule has 0 bridgehead atoms. The Morgan fingerprint density at radius 1 is 1.31 bits per heavy atom. The van der Waals surface area contributed by atoms with Crippen molar-refractivity contribution in [3.05, 3.63) is 35.9 Å². The van der Waals surface area contributed by atoms with Gasteiger partial charge in [0.1, 0.15) is 16.3 Å². The number of hydrogen-bond donors (Lipinski definition) is 1. The van der Waals surface area contributed by atoms with E-state index in [4.69, 9.17) is 39.2 Å². The molecule has 0 unspecified atom stereocenters. The van der Waals surface area contributed by atoms with Crippen LogP contribution in [0.4, 0.5) is 0 Å². The van der Waals surface area contributed by atoms with E-state index in [1.807, 2.05) is 6.07 Å². The topological polar surface area (TPSA) is 46.3 Å². The second kappa shape index (κ2) is 4.53. The number of aliphatic hydroxyl groups excluding tert-OH is 1. The molecule has 0 aliphatic carbocycles. The number of hydrogen-bond acceptors (Lipinski definition) is 3. The van der Waals surface area contributed by atoms with Crippen molar-refractivity contribution in [2.24, 2.45) is 0 Å². The number of aliphatic hydroxyl groups is 1. The molecule has 0 aliphatic rings. The van der Waals surface area contributed by atoms with Gasteiger partial charge < -0.3 is 9.52 Å². The van der Waals surface area contributed by atoms with Gasteiger partial charge in [0.25, 0.3) is 0 Å². The summed E-state index contributed by atoms with van der Waals surface area (Å²) in [5, 5.41) is 9.37. The maximum absolute atomic E-state index is 9.46. The number of allylic oxidation sites excluding steroid dienone is 1. The third-order valence-corrected chi connectivity index (χ3v) is 2.68. The zero-order valence-electron chi connectivity index (χ0n) is 7.82. The Balaban J connectivity index is 2.52. The number of alkyl halides is 2. The van der Waals surface area contributed by atoms with Crippen molar-refractivity contribution in [3.8, 4) is 0 Å². The Kier molecular flexibility index (Phi) is 3.28. The van der Waals surface area contributed by atoms with Gasteiger partial charge in [-0.05, 0) is 12.1 Å². The van der Waals surface area contributed by atoms with Crippen LogP contribution < -0.4 is 0 Å². The summed E-state index contributed by atoms with van der Waals surface area (Å²) < 4.78 is 5.32. The van der Waals surface area contributed by atoms with Crippen LogP contribution >= 0.6 is 34.8 Å². The average Bonchev–Trinajstić information content (AvgIpc) is 2.70. The van der Waals surface area contributed by atoms with Crippen molar-refractivity contribution in [2.75, 3.05) is 0 Å². The van der Waals surface area contributed by atoms with Gasteiger partial charge in [-0.3, -0.25) is 0 Å². The molecular formula is C10H6Cl3NO2. The van der Waals surface area contributed by atoms with Gasteiger partial charge in [-0.1, -0.05) is 46.9 Å². The average molecular weight is 279 g/mol. The highest BCUT2D eigenvalue weighted by molar-refractivity contribution is 6.52. The minimum Gasteiger partial charge on any atom is -0.508 e. The van der Waals surface area contributed by atoms with Gasteiger partial charge in [0.2, 0.25) is 5.89 Å². The molecule has 0 fully saturated rings. The molecule has 2 aromatic rings. The number of halogens is 3. The lowest BCUT2D eigenvalue weighted by atomic mass is 10.3. The van der Waals surface area contributed by atoms with Crippen molar-refractivity contribution >= 4 is 50.9 Å². The van der Waals surface area contributed by atoms with E-state index < -0.39 is 4.84 Å². The van der Waals surface area contributed by atoms with Gasteiger partial charge in [0.15, 0.2) is 10.4 Å². The smallest absolute Gasteiger partial charge is 0.242 e. The monoisotopic (exact) mass is 277 g/mol. The van der Waals surface area contributed by atoms with Crippen molar-refractivity contribution in [3.63, 3.8) is 0 Å². The van der Waals surface area contributed by atoms with Gasteiger partial charge in [0.05, 0.1) is 0 Å². The molecule has 0 saturated heterocycles. The Bertz CT molecular complexity index is 515. The molecule has 1 aromatic heterocycles. The fraction of sp³-hybridized carbons (Fsp3) is 0.100. The van der Waals surface area contributed by atoms with Crippen molar-refractivity contribution in [1.82, 2.24) is 4.98 Å². The number of benzene rings is 1. The quantitative estimate of drug-likeness (QED) is 0.664. The molecule has 0 amide bonds. The molecular weight excluding hydrogens is 272 g/mol. The van der Waals surface area contributed by atoms with E-state index in [9.17, 15) is 5.11 Å². The van der Waals surface area contributed by atoms with Gasteiger partial charge in [-0.2, -0.15) is 0 Å². The van der Waals surface area contributed by atoms with Gasteiger partial charge >= 0.3 is 0 Å². The first-order chi connectivity index (χ1) is 7.59. The summed E-state index contributed by atoms with van der Waals surface area (Å²) in [4.78, 5) is 2.97. The van der Waals surface area contributed by atoms with Gasteiger partial charge in [-0.25, -0.2) is 4.98 Å². The first-order valence-electron chi connectivity index (χ1n) is 4.32. The molecule has 0 spiro atoms. The maximum Gasteiger partial charge on any atom is 0.242 e. The summed E-state index contributed by atoms with van der Waals surface area (Å²) in [5.41, 5.74) is 1.22. The van der Waals surface area contributed by atoms with Crippen LogP contribution in [0.25, 0.3) is 16.1 Å². The first kappa shape index (κ1) is 11.6. The number of nitrogens with zero attached hydrogens (tertiary/aromatic N) is 1. The number of aromatic nitrogens is 1. The number of para-hydroxylation sites is 2. The standard InChI is InChI=1S/C10H6Cl3NO2/c11-7(8(15)9(12)13)10-14-5-3-1-2-4-6(5)16-10/h1-4,9,15H/b8-7+. The summed E-state index contributed by atoms with van der Waals surface area (Å²) >= 11 is 16.8. The van der Waals surface area contributed by atoms with E-state index in [0.717, 1.165) is 0 Å². The first-order valence-corrected chi connectivity index (χ1v) is 5.57. The normalized spacial score (nSPS) is 13.2. The van der Waals surface area contributed by atoms with Crippen LogP contribution in [0.3, 0.4) is 0 Å². The predicted octanol–water partition coefficient (Wildman–Crippen LogP) is 4.10. The molecule has 0 atom stereocenters. The zero-order valence-corrected chi connectivity index (χ0v) is 10.1. The highest BCUT2D eigenvalue weighted by Crippen LogP contribution is 2.28. The Morgan fingerprint density at radius 3 is 2.62 bits per heavy atom. The van der Waals surface area contributed by atoms with Crippen molar-refractivity contribution < 1.29 is 9.52 Å². The lowest BCUT2D eigenvalue weighted by molar-refractivity contribution is 0.411. The van der Waals surface area contributed by atoms with E-state index in [-0.39, 0.29) is 16.7 Å². The van der Waals surface area contributed by atoms with E-state index in [2.05, 4.69) is 4.98 Å². The van der Waals surface area contributed by atoms with Gasteiger partial charge in [0, 0.05) is 0 Å². The summed E-state index contributed by atoms with van der Waals surface area (Å²) in [5.74, 6) is -0.289. The highest BCUT2D eigenvalue weighted by Gasteiger charge is 2.17. The zero-order chi connectivity index (χ0) is 11.7. The fourth-order valence-corrected chi connectivity index (χ4v) is 1.69. The van der Waals surface area contributed by atoms with Gasteiger partial charge in [-0.15, -0.1) is 0 Å². The summed E-state index contributed by atoms with van der Waals surface area (Å²) in [7, 11) is 0. The minimum atomic E-state index is -1.11. The molecule has 1 aromatic carbocycles. The van der Waals surface area contributed by atoms with Crippen LogP contribution in [0, 0.1) is 0 Å². The molecule has 2 rings (SSSR count). The predicted molar refractivity (Wildman–Crippen MR) is 64.9 cm³/mol. The SMILES string of the molecule is O/C(=C(/Cl)c1nc2ccccc2o1)C(Cl)Cl. The second-order valence-electron chi connectivity index (χ2n) is 2.99. The van der Waals surface area contributed by atoms with Crippen LogP contribution in [-0.2, 0) is 0 Å².